The highest BCUT2D eigenvalue weighted by Gasteiger charge is 1.90. The van der Waals surface area contributed by atoms with Crippen molar-refractivity contribution < 1.29 is 4.79 Å². The molecule has 0 aromatic heterocycles. The monoisotopic (exact) mass is 163 g/mol. The lowest BCUT2D eigenvalue weighted by Gasteiger charge is -2.00. The number of aryl methyl sites for hydroxylation is 1. The van der Waals surface area contributed by atoms with E-state index in [4.69, 9.17) is 0 Å². The summed E-state index contributed by atoms with van der Waals surface area (Å²) in [5.41, 5.74) is 2.47. The minimum atomic E-state index is 0.424. The van der Waals surface area contributed by atoms with Crippen LogP contribution in [0.2, 0.25) is 0 Å². The van der Waals surface area contributed by atoms with Crippen molar-refractivity contribution in [3.63, 3.8) is 0 Å². The number of rotatable bonds is 4. The number of carbonyl (C=O) groups excluding carboxylic acids is 1. The first-order valence-corrected chi connectivity index (χ1v) is 4.03. The van der Waals surface area contributed by atoms with Crippen molar-refractivity contribution in [1.29, 1.82) is 0 Å². The zero-order valence-electron chi connectivity index (χ0n) is 7.21. The first-order valence-electron chi connectivity index (χ1n) is 4.03. The lowest BCUT2D eigenvalue weighted by Crippen LogP contribution is -2.15. The molecule has 0 bridgehead atoms. The lowest BCUT2D eigenvalue weighted by molar-refractivity contribution is -0.107. The number of aldehydes is 1. The topological polar surface area (TPSA) is 29.1 Å². The molecule has 0 saturated carbocycles. The maximum absolute atomic E-state index is 9.99. The van der Waals surface area contributed by atoms with Crippen LogP contribution in [0.25, 0.3) is 0 Å². The number of benzene rings is 1. The summed E-state index contributed by atoms with van der Waals surface area (Å²) in [4.78, 5) is 9.99. The molecule has 1 aromatic rings. The molecule has 0 amide bonds. The zero-order valence-corrected chi connectivity index (χ0v) is 7.21. The van der Waals surface area contributed by atoms with Crippen molar-refractivity contribution >= 4 is 6.29 Å². The summed E-state index contributed by atoms with van der Waals surface area (Å²) < 4.78 is 0. The predicted molar refractivity (Wildman–Crippen MR) is 48.9 cm³/mol. The average molecular weight is 163 g/mol. The number of carbonyl (C=O) groups is 1. The van der Waals surface area contributed by atoms with Crippen molar-refractivity contribution in [1.82, 2.24) is 5.32 Å². The van der Waals surface area contributed by atoms with Gasteiger partial charge in [0, 0.05) is 6.54 Å². The summed E-state index contributed by atoms with van der Waals surface area (Å²) in [6, 6.07) is 8.26. The minimum absolute atomic E-state index is 0.424. The van der Waals surface area contributed by atoms with Crippen LogP contribution in [0.3, 0.4) is 0 Å². The van der Waals surface area contributed by atoms with Gasteiger partial charge in [0.15, 0.2) is 0 Å². The molecule has 2 nitrogen and oxygen atoms in total. The second-order valence-electron chi connectivity index (χ2n) is 2.78. The van der Waals surface area contributed by atoms with Gasteiger partial charge in [-0.1, -0.05) is 29.8 Å². The van der Waals surface area contributed by atoms with Gasteiger partial charge >= 0.3 is 0 Å². The van der Waals surface area contributed by atoms with Gasteiger partial charge in [0.2, 0.25) is 0 Å². The smallest absolute Gasteiger partial charge is 0.133 e. The fourth-order valence-electron chi connectivity index (χ4n) is 0.981. The van der Waals surface area contributed by atoms with Crippen molar-refractivity contribution in [3.05, 3.63) is 35.4 Å². The normalized spacial score (nSPS) is 9.75. The second kappa shape index (κ2) is 4.67. The second-order valence-corrected chi connectivity index (χ2v) is 2.78. The minimum Gasteiger partial charge on any atom is -0.306 e. The highest BCUT2D eigenvalue weighted by Crippen LogP contribution is 2.01. The SMILES string of the molecule is Cc1ccc(CNCC=O)cc1. The molecule has 0 heterocycles. The Balaban J connectivity index is 2.42. The van der Waals surface area contributed by atoms with Gasteiger partial charge < -0.3 is 10.1 Å². The van der Waals surface area contributed by atoms with E-state index >= 15 is 0 Å². The molecule has 2 heteroatoms. The Labute approximate surface area is 72.6 Å². The molecule has 0 saturated heterocycles. The standard InChI is InChI=1S/C10H13NO/c1-9-2-4-10(5-3-9)8-11-6-7-12/h2-5,7,11H,6,8H2,1H3. The van der Waals surface area contributed by atoms with E-state index in [2.05, 4.69) is 36.5 Å². The maximum Gasteiger partial charge on any atom is 0.133 e. The quantitative estimate of drug-likeness (QED) is 0.535. The van der Waals surface area contributed by atoms with Gasteiger partial charge in [0.05, 0.1) is 6.54 Å². The molecule has 12 heavy (non-hydrogen) atoms. The first-order chi connectivity index (χ1) is 5.83. The van der Waals surface area contributed by atoms with Gasteiger partial charge in [-0.15, -0.1) is 0 Å². The molecule has 0 atom stereocenters. The van der Waals surface area contributed by atoms with Crippen LogP contribution in [0.1, 0.15) is 11.1 Å². The molecule has 0 fully saturated rings. The number of nitrogens with one attached hydrogen (secondary N) is 1. The van der Waals surface area contributed by atoms with Crippen LogP contribution in [0.4, 0.5) is 0 Å². The third-order valence-electron chi connectivity index (χ3n) is 1.68. The maximum atomic E-state index is 9.99. The van der Waals surface area contributed by atoms with Gasteiger partial charge in [-0.3, -0.25) is 0 Å². The zero-order chi connectivity index (χ0) is 8.81. The molecule has 0 radical (unpaired) electrons. The van der Waals surface area contributed by atoms with E-state index in [1.54, 1.807) is 0 Å². The third-order valence-corrected chi connectivity index (χ3v) is 1.68. The highest BCUT2D eigenvalue weighted by atomic mass is 16.1. The van der Waals surface area contributed by atoms with Crippen molar-refractivity contribution in [2.24, 2.45) is 0 Å². The molecule has 0 spiro atoms. The van der Waals surface area contributed by atoms with Gasteiger partial charge in [-0.2, -0.15) is 0 Å². The predicted octanol–water partition coefficient (Wildman–Crippen LogP) is 1.28. The van der Waals surface area contributed by atoms with E-state index in [0.29, 0.717) is 6.54 Å². The van der Waals surface area contributed by atoms with Crippen LogP contribution in [0.5, 0.6) is 0 Å². The van der Waals surface area contributed by atoms with Crippen LogP contribution >= 0.6 is 0 Å². The van der Waals surface area contributed by atoms with Crippen LogP contribution in [-0.4, -0.2) is 12.8 Å². The average Bonchev–Trinajstić information content (AvgIpc) is 2.09. The first kappa shape index (κ1) is 8.94. The van der Waals surface area contributed by atoms with Gasteiger partial charge in [-0.05, 0) is 12.5 Å². The molecular weight excluding hydrogens is 150 g/mol. The van der Waals surface area contributed by atoms with E-state index in [0.717, 1.165) is 12.8 Å². The third kappa shape index (κ3) is 2.84. The highest BCUT2D eigenvalue weighted by molar-refractivity contribution is 5.51. The molecule has 1 N–H and O–H groups in total. The van der Waals surface area contributed by atoms with E-state index < -0.39 is 0 Å². The Hall–Kier alpha value is -1.15. The molecule has 1 rings (SSSR count). The summed E-state index contributed by atoms with van der Waals surface area (Å²) in [6.45, 7) is 3.25. The molecule has 1 aromatic carbocycles. The molecule has 64 valence electrons. The lowest BCUT2D eigenvalue weighted by atomic mass is 10.1. The van der Waals surface area contributed by atoms with E-state index in [1.807, 2.05) is 0 Å². The largest absolute Gasteiger partial charge is 0.306 e. The molecular formula is C10H13NO. The van der Waals surface area contributed by atoms with Crippen molar-refractivity contribution in [2.45, 2.75) is 13.5 Å². The number of hydrogen-bond acceptors (Lipinski definition) is 2. The van der Waals surface area contributed by atoms with E-state index in [9.17, 15) is 4.79 Å². The Morgan fingerprint density at radius 1 is 1.33 bits per heavy atom. The summed E-state index contributed by atoms with van der Waals surface area (Å²) in [5.74, 6) is 0. The Morgan fingerprint density at radius 3 is 2.58 bits per heavy atom. The fourth-order valence-corrected chi connectivity index (χ4v) is 0.981. The molecule has 0 aliphatic carbocycles. The summed E-state index contributed by atoms with van der Waals surface area (Å²) >= 11 is 0. The van der Waals surface area contributed by atoms with E-state index in [-0.39, 0.29) is 0 Å². The Morgan fingerprint density at radius 2 is 2.00 bits per heavy atom. The van der Waals surface area contributed by atoms with Crippen molar-refractivity contribution in [3.8, 4) is 0 Å². The van der Waals surface area contributed by atoms with Crippen LogP contribution in [-0.2, 0) is 11.3 Å². The number of hydrogen-bond donors (Lipinski definition) is 1. The van der Waals surface area contributed by atoms with Gasteiger partial charge in [0.25, 0.3) is 0 Å². The summed E-state index contributed by atoms with van der Waals surface area (Å²) in [6.07, 6.45) is 0.869. The summed E-state index contributed by atoms with van der Waals surface area (Å²) in [5, 5.41) is 3.00. The summed E-state index contributed by atoms with van der Waals surface area (Å²) in [7, 11) is 0. The molecule has 0 aliphatic rings. The Kier molecular flexibility index (Phi) is 3.48. The van der Waals surface area contributed by atoms with Gasteiger partial charge in [-0.25, -0.2) is 0 Å². The van der Waals surface area contributed by atoms with Crippen molar-refractivity contribution in [2.75, 3.05) is 6.54 Å². The molecule has 0 aliphatic heterocycles. The van der Waals surface area contributed by atoms with Crippen LogP contribution < -0.4 is 5.32 Å². The van der Waals surface area contributed by atoms with Gasteiger partial charge in [0.1, 0.15) is 6.29 Å². The molecule has 0 unspecified atom stereocenters. The van der Waals surface area contributed by atoms with E-state index in [1.165, 1.54) is 11.1 Å². The van der Waals surface area contributed by atoms with Crippen LogP contribution in [0.15, 0.2) is 24.3 Å². The fraction of sp³-hybridized carbons (Fsp3) is 0.300. The Bertz CT molecular complexity index is 241. The van der Waals surface area contributed by atoms with Crippen LogP contribution in [0, 0.1) is 6.92 Å².